The predicted molar refractivity (Wildman–Crippen MR) is 201 cm³/mol. The molecule has 0 aliphatic carbocycles. The van der Waals surface area contributed by atoms with Gasteiger partial charge in [-0.25, -0.2) is 0 Å². The van der Waals surface area contributed by atoms with E-state index in [1.165, 1.54) is 77.0 Å². The highest BCUT2D eigenvalue weighted by Crippen LogP contribution is 2.28. The number of unbranched alkanes of at least 4 members (excludes halogenated alkanes) is 8. The first-order valence-electron chi connectivity index (χ1n) is 19.4. The van der Waals surface area contributed by atoms with E-state index in [1.54, 1.807) is 0 Å². The van der Waals surface area contributed by atoms with Crippen LogP contribution in [-0.4, -0.2) is 61.0 Å². The number of ether oxygens (including phenoxy) is 2. The second kappa shape index (κ2) is 27.2. The van der Waals surface area contributed by atoms with Gasteiger partial charge in [-0.05, 0) is 100 Å². The molecule has 0 aliphatic heterocycles. The van der Waals surface area contributed by atoms with E-state index in [0.29, 0.717) is 12.8 Å². The second-order valence-corrected chi connectivity index (χ2v) is 13.4. The Hall–Kier alpha value is -2.70. The van der Waals surface area contributed by atoms with Gasteiger partial charge >= 0.3 is 11.9 Å². The van der Waals surface area contributed by atoms with E-state index >= 15 is 0 Å². The van der Waals surface area contributed by atoms with Gasteiger partial charge in [0, 0.05) is 12.8 Å². The van der Waals surface area contributed by atoms with Crippen LogP contribution in [-0.2, 0) is 32.3 Å². The van der Waals surface area contributed by atoms with Gasteiger partial charge in [0.05, 0.1) is 0 Å². The van der Waals surface area contributed by atoms with Crippen molar-refractivity contribution in [3.05, 3.63) is 59.7 Å². The first-order chi connectivity index (χ1) is 23.5. The highest BCUT2D eigenvalue weighted by Gasteiger charge is 2.14. The van der Waals surface area contributed by atoms with Crippen LogP contribution in [0.4, 0.5) is 0 Å². The Morgan fingerprint density at radius 2 is 0.812 bits per heavy atom. The van der Waals surface area contributed by atoms with Gasteiger partial charge in [0.15, 0.2) is 0 Å². The fraction of sp³-hybridized carbons (Fsp3) is 0.667. The van der Waals surface area contributed by atoms with Crippen LogP contribution < -0.4 is 0 Å². The molecule has 0 heterocycles. The third-order valence-corrected chi connectivity index (χ3v) is 9.12. The SMILES string of the molecule is CCCCCCN(CCCC)CCCC(=O)OCc1ccccc1-c1ccccc1COC(=O)CCCN(CCCC)CCCCCC. The normalized spacial score (nSPS) is 11.4. The summed E-state index contributed by atoms with van der Waals surface area (Å²) in [6, 6.07) is 16.1. The monoisotopic (exact) mass is 665 g/mol. The summed E-state index contributed by atoms with van der Waals surface area (Å²) in [6.45, 7) is 15.8. The summed E-state index contributed by atoms with van der Waals surface area (Å²) in [4.78, 5) is 30.6. The molecule has 0 atom stereocenters. The van der Waals surface area contributed by atoms with E-state index in [4.69, 9.17) is 9.47 Å². The average Bonchev–Trinajstić information content (AvgIpc) is 3.11. The topological polar surface area (TPSA) is 59.1 Å². The van der Waals surface area contributed by atoms with Crippen molar-refractivity contribution in [2.75, 3.05) is 39.3 Å². The smallest absolute Gasteiger partial charge is 0.306 e. The summed E-state index contributed by atoms with van der Waals surface area (Å²) in [6.07, 6.45) is 17.4. The minimum absolute atomic E-state index is 0.150. The molecule has 0 N–H and O–H groups in total. The number of carbonyl (C=O) groups excluding carboxylic acids is 2. The molecule has 2 rings (SSSR count). The van der Waals surface area contributed by atoms with Crippen LogP contribution in [0.5, 0.6) is 0 Å². The summed E-state index contributed by atoms with van der Waals surface area (Å²) < 4.78 is 11.6. The Morgan fingerprint density at radius 3 is 1.21 bits per heavy atom. The maximum Gasteiger partial charge on any atom is 0.306 e. The van der Waals surface area contributed by atoms with Crippen LogP contribution in [0.2, 0.25) is 0 Å². The predicted octanol–water partition coefficient (Wildman–Crippen LogP) is 10.4. The van der Waals surface area contributed by atoms with Crippen LogP contribution in [0, 0.1) is 0 Å². The van der Waals surface area contributed by atoms with Crippen LogP contribution in [0.1, 0.15) is 142 Å². The summed E-state index contributed by atoms with van der Waals surface area (Å²) in [5.41, 5.74) is 3.92. The van der Waals surface area contributed by atoms with Gasteiger partial charge in [-0.1, -0.05) is 128 Å². The Morgan fingerprint density at radius 1 is 0.458 bits per heavy atom. The molecule has 2 aromatic rings. The molecule has 0 aliphatic rings. The number of benzene rings is 2. The number of hydrogen-bond donors (Lipinski definition) is 0. The molecule has 48 heavy (non-hydrogen) atoms. The lowest BCUT2D eigenvalue weighted by Gasteiger charge is -2.22. The highest BCUT2D eigenvalue weighted by atomic mass is 16.5. The molecule has 2 aromatic carbocycles. The van der Waals surface area contributed by atoms with Crippen molar-refractivity contribution in [3.8, 4) is 11.1 Å². The molecular weight excluding hydrogens is 596 g/mol. The van der Waals surface area contributed by atoms with Crippen LogP contribution in [0.25, 0.3) is 11.1 Å². The fourth-order valence-corrected chi connectivity index (χ4v) is 6.13. The second-order valence-electron chi connectivity index (χ2n) is 13.4. The zero-order valence-corrected chi connectivity index (χ0v) is 31.1. The van der Waals surface area contributed by atoms with Crippen molar-refractivity contribution in [2.24, 2.45) is 0 Å². The van der Waals surface area contributed by atoms with E-state index in [2.05, 4.69) is 49.6 Å². The quantitative estimate of drug-likeness (QED) is 0.0637. The van der Waals surface area contributed by atoms with Crippen molar-refractivity contribution >= 4 is 11.9 Å². The van der Waals surface area contributed by atoms with Crippen molar-refractivity contribution in [3.63, 3.8) is 0 Å². The summed E-state index contributed by atoms with van der Waals surface area (Å²) in [5, 5.41) is 0. The fourth-order valence-electron chi connectivity index (χ4n) is 6.13. The van der Waals surface area contributed by atoms with E-state index in [9.17, 15) is 9.59 Å². The van der Waals surface area contributed by atoms with E-state index in [1.807, 2.05) is 36.4 Å². The van der Waals surface area contributed by atoms with Gasteiger partial charge in [0.25, 0.3) is 0 Å². The molecule has 0 saturated heterocycles. The first-order valence-corrected chi connectivity index (χ1v) is 19.4. The molecule has 0 aromatic heterocycles. The Bertz CT molecular complexity index is 1030. The lowest BCUT2D eigenvalue weighted by molar-refractivity contribution is -0.146. The number of rotatable bonds is 29. The van der Waals surface area contributed by atoms with Gasteiger partial charge in [-0.2, -0.15) is 0 Å². The summed E-state index contributed by atoms with van der Waals surface area (Å²) in [7, 11) is 0. The van der Waals surface area contributed by atoms with Crippen LogP contribution in [0.15, 0.2) is 48.5 Å². The molecule has 0 saturated carbocycles. The molecular formula is C42H68N2O4. The lowest BCUT2D eigenvalue weighted by Crippen LogP contribution is -2.27. The van der Waals surface area contributed by atoms with Gasteiger partial charge in [0.2, 0.25) is 0 Å². The Labute approximate surface area is 294 Å². The van der Waals surface area contributed by atoms with E-state index in [0.717, 1.165) is 74.4 Å². The number of nitrogens with zero attached hydrogens (tertiary/aromatic N) is 2. The highest BCUT2D eigenvalue weighted by molar-refractivity contribution is 5.73. The minimum atomic E-state index is -0.150. The van der Waals surface area contributed by atoms with Crippen molar-refractivity contribution in [2.45, 2.75) is 144 Å². The maximum atomic E-state index is 12.8. The number of esters is 2. The zero-order chi connectivity index (χ0) is 34.7. The molecule has 0 radical (unpaired) electrons. The van der Waals surface area contributed by atoms with Crippen molar-refractivity contribution in [1.82, 2.24) is 9.80 Å². The maximum absolute atomic E-state index is 12.8. The molecule has 0 fully saturated rings. The van der Waals surface area contributed by atoms with Crippen molar-refractivity contribution in [1.29, 1.82) is 0 Å². The summed E-state index contributed by atoms with van der Waals surface area (Å²) >= 11 is 0. The molecule has 6 nitrogen and oxygen atoms in total. The molecule has 6 heteroatoms. The van der Waals surface area contributed by atoms with Crippen molar-refractivity contribution < 1.29 is 19.1 Å². The summed E-state index contributed by atoms with van der Waals surface area (Å²) in [5.74, 6) is -0.301. The molecule has 0 amide bonds. The van der Waals surface area contributed by atoms with E-state index < -0.39 is 0 Å². The Kier molecular flexibility index (Phi) is 23.5. The molecule has 0 bridgehead atoms. The third kappa shape index (κ3) is 18.2. The van der Waals surface area contributed by atoms with Crippen LogP contribution in [0.3, 0.4) is 0 Å². The Balaban J connectivity index is 1.87. The van der Waals surface area contributed by atoms with Gasteiger partial charge in [-0.15, -0.1) is 0 Å². The third-order valence-electron chi connectivity index (χ3n) is 9.12. The molecule has 270 valence electrons. The van der Waals surface area contributed by atoms with E-state index in [-0.39, 0.29) is 25.2 Å². The van der Waals surface area contributed by atoms with Gasteiger partial charge in [-0.3, -0.25) is 9.59 Å². The lowest BCUT2D eigenvalue weighted by atomic mass is 9.96. The van der Waals surface area contributed by atoms with Gasteiger partial charge in [0.1, 0.15) is 13.2 Å². The standard InChI is InChI=1S/C42H68N2O4/c1-5-9-13-19-31-43(29-11-7-3)33-21-27-41(45)47-35-37-23-15-17-25-39(37)40-26-18-16-24-38(40)36-48-42(46)28-22-34-44(30-12-8-4)32-20-14-10-6-2/h15-18,23-26H,5-14,19-22,27-36H2,1-4H3. The number of carbonyl (C=O) groups is 2. The molecule has 0 spiro atoms. The largest absolute Gasteiger partial charge is 0.461 e. The molecule has 0 unspecified atom stereocenters. The van der Waals surface area contributed by atoms with Gasteiger partial charge < -0.3 is 19.3 Å². The zero-order valence-electron chi connectivity index (χ0n) is 31.1. The average molecular weight is 665 g/mol. The minimum Gasteiger partial charge on any atom is -0.461 e. The first kappa shape index (κ1) is 41.5. The number of hydrogen-bond acceptors (Lipinski definition) is 6. The van der Waals surface area contributed by atoms with Crippen LogP contribution >= 0.6 is 0 Å².